The van der Waals surface area contributed by atoms with E-state index >= 15 is 0 Å². The van der Waals surface area contributed by atoms with Gasteiger partial charge in [-0.15, -0.1) is 0 Å². The van der Waals surface area contributed by atoms with E-state index in [0.717, 1.165) is 18.2 Å². The molecule has 0 saturated carbocycles. The second kappa shape index (κ2) is 4.22. The summed E-state index contributed by atoms with van der Waals surface area (Å²) in [5.41, 5.74) is 0.0939. The lowest BCUT2D eigenvalue weighted by molar-refractivity contribution is -0.119. The largest absolute Gasteiger partial charge is 0.322 e. The minimum Gasteiger partial charge on any atom is -0.316 e. The van der Waals surface area contributed by atoms with Gasteiger partial charge in [-0.25, -0.2) is 13.6 Å². The summed E-state index contributed by atoms with van der Waals surface area (Å²) < 4.78 is 25.6. The average molecular weight is 236 g/mol. The van der Waals surface area contributed by atoms with Crippen molar-refractivity contribution >= 4 is 11.9 Å². The Kier molecular flexibility index (Phi) is 2.75. The van der Waals surface area contributed by atoms with Gasteiger partial charge >= 0.3 is 6.03 Å². The van der Waals surface area contributed by atoms with Gasteiger partial charge in [-0.2, -0.15) is 0 Å². The van der Waals surface area contributed by atoms with Crippen LogP contribution in [0.15, 0.2) is 18.2 Å². The maximum atomic E-state index is 12.8. The van der Waals surface area contributed by atoms with Gasteiger partial charge in [-0.3, -0.25) is 10.1 Å². The number of nitrogens with one attached hydrogen (secondary N) is 2. The second-order valence-electron chi connectivity index (χ2n) is 3.32. The first-order valence-electron chi connectivity index (χ1n) is 4.63. The SMILES string of the molecule is O=C1NC(=O)[C@H](C#Cc2cc(F)cc(F)c2)N1. The highest BCUT2D eigenvalue weighted by Crippen LogP contribution is 2.06. The third kappa shape index (κ3) is 2.58. The molecular weight excluding hydrogens is 230 g/mol. The number of urea groups is 1. The van der Waals surface area contributed by atoms with E-state index in [1.165, 1.54) is 0 Å². The molecular formula is C11H6F2N2O2. The van der Waals surface area contributed by atoms with Gasteiger partial charge in [0.25, 0.3) is 5.91 Å². The molecule has 2 rings (SSSR count). The number of hydrogen-bond acceptors (Lipinski definition) is 2. The van der Waals surface area contributed by atoms with Crippen molar-refractivity contribution in [3.63, 3.8) is 0 Å². The van der Waals surface area contributed by atoms with E-state index in [4.69, 9.17) is 0 Å². The zero-order valence-corrected chi connectivity index (χ0v) is 8.38. The summed E-state index contributed by atoms with van der Waals surface area (Å²) in [6.45, 7) is 0. The van der Waals surface area contributed by atoms with Crippen LogP contribution in [0.25, 0.3) is 0 Å². The highest BCUT2D eigenvalue weighted by molar-refractivity contribution is 6.05. The molecule has 1 aromatic carbocycles. The lowest BCUT2D eigenvalue weighted by Crippen LogP contribution is -2.26. The van der Waals surface area contributed by atoms with Crippen LogP contribution in [0.4, 0.5) is 13.6 Å². The molecule has 1 heterocycles. The fraction of sp³-hybridized carbons (Fsp3) is 0.0909. The molecule has 1 fully saturated rings. The first-order chi connectivity index (χ1) is 8.04. The average Bonchev–Trinajstić information content (AvgIpc) is 2.53. The zero-order valence-electron chi connectivity index (χ0n) is 8.38. The van der Waals surface area contributed by atoms with E-state index in [9.17, 15) is 18.4 Å². The highest BCUT2D eigenvalue weighted by atomic mass is 19.1. The smallest absolute Gasteiger partial charge is 0.316 e. The summed E-state index contributed by atoms with van der Waals surface area (Å²) in [6.07, 6.45) is 0. The molecule has 0 spiro atoms. The van der Waals surface area contributed by atoms with Crippen molar-refractivity contribution in [1.29, 1.82) is 0 Å². The quantitative estimate of drug-likeness (QED) is 0.509. The molecule has 0 aromatic heterocycles. The number of rotatable bonds is 0. The van der Waals surface area contributed by atoms with Gasteiger partial charge in [0.15, 0.2) is 6.04 Å². The zero-order chi connectivity index (χ0) is 12.4. The molecule has 2 N–H and O–H groups in total. The van der Waals surface area contributed by atoms with Crippen LogP contribution in [0.1, 0.15) is 5.56 Å². The Morgan fingerprint density at radius 3 is 2.29 bits per heavy atom. The van der Waals surface area contributed by atoms with Gasteiger partial charge in [-0.1, -0.05) is 11.8 Å². The standard InChI is InChI=1S/C11H6F2N2O2/c12-7-3-6(4-8(13)5-7)1-2-9-10(16)15-11(17)14-9/h3-5,9H,(H2,14,15,16,17)/t9-/m0/s1. The van der Waals surface area contributed by atoms with Crippen LogP contribution in [-0.2, 0) is 4.79 Å². The van der Waals surface area contributed by atoms with E-state index in [1.54, 1.807) is 0 Å². The second-order valence-corrected chi connectivity index (χ2v) is 3.32. The predicted octanol–water partition coefficient (Wildman–Crippen LogP) is 0.524. The normalized spacial score (nSPS) is 18.1. The number of carbonyl (C=O) groups excluding carboxylic acids is 2. The molecule has 1 aliphatic heterocycles. The van der Waals surface area contributed by atoms with Crippen molar-refractivity contribution in [2.45, 2.75) is 6.04 Å². The number of halogens is 2. The molecule has 4 nitrogen and oxygen atoms in total. The Hall–Kier alpha value is -2.42. The lowest BCUT2D eigenvalue weighted by Gasteiger charge is -1.95. The minimum absolute atomic E-state index is 0.0939. The van der Waals surface area contributed by atoms with Gasteiger partial charge in [0.2, 0.25) is 0 Å². The molecule has 1 saturated heterocycles. The van der Waals surface area contributed by atoms with Gasteiger partial charge in [-0.05, 0) is 12.1 Å². The molecule has 3 amide bonds. The van der Waals surface area contributed by atoms with Crippen LogP contribution < -0.4 is 10.6 Å². The molecule has 0 radical (unpaired) electrons. The van der Waals surface area contributed by atoms with Crippen LogP contribution in [0.3, 0.4) is 0 Å². The summed E-state index contributed by atoms with van der Waals surface area (Å²) >= 11 is 0. The van der Waals surface area contributed by atoms with Crippen LogP contribution in [0.2, 0.25) is 0 Å². The Morgan fingerprint density at radius 2 is 1.76 bits per heavy atom. The van der Waals surface area contributed by atoms with Crippen LogP contribution in [0, 0.1) is 23.5 Å². The third-order valence-corrected chi connectivity index (χ3v) is 2.00. The van der Waals surface area contributed by atoms with Gasteiger partial charge in [0.05, 0.1) is 0 Å². The van der Waals surface area contributed by atoms with Crippen LogP contribution in [0.5, 0.6) is 0 Å². The van der Waals surface area contributed by atoms with Crippen molar-refractivity contribution in [2.75, 3.05) is 0 Å². The van der Waals surface area contributed by atoms with Crippen molar-refractivity contribution in [1.82, 2.24) is 10.6 Å². The molecule has 0 aliphatic carbocycles. The fourth-order valence-electron chi connectivity index (χ4n) is 1.30. The van der Waals surface area contributed by atoms with Gasteiger partial charge in [0.1, 0.15) is 11.6 Å². The Morgan fingerprint density at radius 1 is 1.12 bits per heavy atom. The predicted molar refractivity (Wildman–Crippen MR) is 53.7 cm³/mol. The molecule has 0 unspecified atom stereocenters. The lowest BCUT2D eigenvalue weighted by atomic mass is 10.2. The number of imide groups is 1. The molecule has 86 valence electrons. The Bertz CT molecular complexity index is 540. The van der Waals surface area contributed by atoms with Crippen molar-refractivity contribution in [2.24, 2.45) is 0 Å². The number of hydrogen-bond donors (Lipinski definition) is 2. The van der Waals surface area contributed by atoms with Gasteiger partial charge in [0, 0.05) is 11.6 Å². The van der Waals surface area contributed by atoms with E-state index in [-0.39, 0.29) is 5.56 Å². The molecule has 6 heteroatoms. The summed E-state index contributed by atoms with van der Waals surface area (Å²) in [6, 6.07) is 1.15. The first-order valence-corrected chi connectivity index (χ1v) is 4.63. The Balaban J connectivity index is 2.21. The summed E-state index contributed by atoms with van der Waals surface area (Å²) in [4.78, 5) is 21.8. The van der Waals surface area contributed by atoms with Crippen molar-refractivity contribution in [3.05, 3.63) is 35.4 Å². The number of benzene rings is 1. The van der Waals surface area contributed by atoms with Crippen molar-refractivity contribution in [3.8, 4) is 11.8 Å². The summed E-state index contributed by atoms with van der Waals surface area (Å²) in [5.74, 6) is 2.72. The Labute approximate surface area is 95.0 Å². The maximum absolute atomic E-state index is 12.8. The monoisotopic (exact) mass is 236 g/mol. The summed E-state index contributed by atoms with van der Waals surface area (Å²) in [5, 5.41) is 4.23. The topological polar surface area (TPSA) is 58.2 Å². The molecule has 1 aromatic rings. The van der Waals surface area contributed by atoms with E-state index in [1.807, 2.05) is 5.32 Å². The van der Waals surface area contributed by atoms with E-state index in [2.05, 4.69) is 17.2 Å². The molecule has 17 heavy (non-hydrogen) atoms. The maximum Gasteiger partial charge on any atom is 0.322 e. The number of carbonyl (C=O) groups is 2. The van der Waals surface area contributed by atoms with Crippen LogP contribution in [-0.4, -0.2) is 18.0 Å². The van der Waals surface area contributed by atoms with E-state index in [0.29, 0.717) is 0 Å². The van der Waals surface area contributed by atoms with Crippen molar-refractivity contribution < 1.29 is 18.4 Å². The van der Waals surface area contributed by atoms with E-state index < -0.39 is 29.6 Å². The minimum atomic E-state index is -0.992. The van der Waals surface area contributed by atoms with Gasteiger partial charge < -0.3 is 5.32 Å². The first kappa shape index (κ1) is 11.1. The fourth-order valence-corrected chi connectivity index (χ4v) is 1.30. The summed E-state index contributed by atoms with van der Waals surface area (Å²) in [7, 11) is 0. The molecule has 1 atom stereocenters. The highest BCUT2D eigenvalue weighted by Gasteiger charge is 2.27. The molecule has 1 aliphatic rings. The third-order valence-electron chi connectivity index (χ3n) is 2.00. The van der Waals surface area contributed by atoms with Crippen LogP contribution >= 0.6 is 0 Å². The molecule has 0 bridgehead atoms. The number of amides is 3.